The first-order valence-electron chi connectivity index (χ1n) is 8.14. The number of pyridine rings is 1. The molecule has 0 aromatic carbocycles. The molecule has 2 aliphatic rings. The molecule has 7 nitrogen and oxygen atoms in total. The minimum Gasteiger partial charge on any atom is -0.472 e. The van der Waals surface area contributed by atoms with Crippen LogP contribution in [-0.4, -0.2) is 61.0 Å². The quantitative estimate of drug-likeness (QED) is 0.834. The van der Waals surface area contributed by atoms with Crippen molar-refractivity contribution in [2.24, 2.45) is 0 Å². The number of amides is 1. The standard InChI is InChI=1S/C16H23N3O4/c20-15(5-9-19-8-3-10-22-19)18-13-12-21-11-6-14(13)23-16-4-1-2-7-17-16/h1-2,4,7,13-14H,3,5-6,8-12H2,(H,18,20)/t13-,14-/m1/s1. The smallest absolute Gasteiger partial charge is 0.221 e. The zero-order chi connectivity index (χ0) is 15.9. The first kappa shape index (κ1) is 16.2. The number of hydrogen-bond acceptors (Lipinski definition) is 6. The Morgan fingerprint density at radius 1 is 1.43 bits per heavy atom. The van der Waals surface area contributed by atoms with Crippen LogP contribution in [0.4, 0.5) is 0 Å². The largest absolute Gasteiger partial charge is 0.472 e. The molecule has 2 fully saturated rings. The van der Waals surface area contributed by atoms with Crippen LogP contribution in [0.5, 0.6) is 5.88 Å². The Hall–Kier alpha value is -1.70. The van der Waals surface area contributed by atoms with E-state index in [0.29, 0.717) is 32.1 Å². The monoisotopic (exact) mass is 321 g/mol. The maximum atomic E-state index is 12.1. The third-order valence-electron chi connectivity index (χ3n) is 3.96. The van der Waals surface area contributed by atoms with Crippen molar-refractivity contribution in [3.63, 3.8) is 0 Å². The second-order valence-electron chi connectivity index (χ2n) is 5.73. The van der Waals surface area contributed by atoms with E-state index in [9.17, 15) is 4.79 Å². The molecule has 1 aromatic rings. The Morgan fingerprint density at radius 2 is 2.39 bits per heavy atom. The lowest BCUT2D eigenvalue weighted by molar-refractivity contribution is -0.132. The zero-order valence-corrected chi connectivity index (χ0v) is 13.1. The first-order chi connectivity index (χ1) is 11.3. The van der Waals surface area contributed by atoms with Crippen LogP contribution in [0.1, 0.15) is 19.3 Å². The lowest BCUT2D eigenvalue weighted by Crippen LogP contribution is -2.52. The molecule has 1 aromatic heterocycles. The molecule has 2 aliphatic heterocycles. The van der Waals surface area contributed by atoms with Gasteiger partial charge in [-0.3, -0.25) is 9.63 Å². The van der Waals surface area contributed by atoms with E-state index in [1.54, 1.807) is 6.20 Å². The minimum absolute atomic E-state index is 0.00868. The van der Waals surface area contributed by atoms with Gasteiger partial charge in [-0.25, -0.2) is 4.98 Å². The molecule has 0 aliphatic carbocycles. The maximum Gasteiger partial charge on any atom is 0.221 e. The third kappa shape index (κ3) is 4.89. The Bertz CT molecular complexity index is 493. The number of aromatic nitrogens is 1. The molecule has 2 saturated heterocycles. The predicted octanol–water partition coefficient (Wildman–Crippen LogP) is 0.762. The summed E-state index contributed by atoms with van der Waals surface area (Å²) in [6.07, 6.45) is 3.74. The lowest BCUT2D eigenvalue weighted by atomic mass is 10.1. The van der Waals surface area contributed by atoms with E-state index < -0.39 is 0 Å². The van der Waals surface area contributed by atoms with Crippen LogP contribution in [0.3, 0.4) is 0 Å². The number of carbonyl (C=O) groups is 1. The highest BCUT2D eigenvalue weighted by atomic mass is 16.7. The summed E-state index contributed by atoms with van der Waals surface area (Å²) < 4.78 is 11.4. The van der Waals surface area contributed by atoms with Gasteiger partial charge in [0, 0.05) is 38.2 Å². The predicted molar refractivity (Wildman–Crippen MR) is 82.8 cm³/mol. The van der Waals surface area contributed by atoms with Crippen molar-refractivity contribution >= 4 is 5.91 Å². The number of rotatable bonds is 6. The van der Waals surface area contributed by atoms with E-state index in [1.807, 2.05) is 23.3 Å². The van der Waals surface area contributed by atoms with Crippen molar-refractivity contribution in [3.05, 3.63) is 24.4 Å². The van der Waals surface area contributed by atoms with Crippen molar-refractivity contribution in [1.82, 2.24) is 15.4 Å². The van der Waals surface area contributed by atoms with Gasteiger partial charge in [-0.15, -0.1) is 0 Å². The molecule has 3 rings (SSSR count). The van der Waals surface area contributed by atoms with Gasteiger partial charge in [-0.2, -0.15) is 5.06 Å². The summed E-state index contributed by atoms with van der Waals surface area (Å²) in [5.74, 6) is 0.565. The third-order valence-corrected chi connectivity index (χ3v) is 3.96. The first-order valence-corrected chi connectivity index (χ1v) is 8.14. The summed E-state index contributed by atoms with van der Waals surface area (Å²) in [5, 5.41) is 4.86. The van der Waals surface area contributed by atoms with Crippen LogP contribution in [0.2, 0.25) is 0 Å². The van der Waals surface area contributed by atoms with Gasteiger partial charge in [0.15, 0.2) is 0 Å². The number of carbonyl (C=O) groups excluding carboxylic acids is 1. The van der Waals surface area contributed by atoms with Gasteiger partial charge in [0.1, 0.15) is 6.10 Å². The van der Waals surface area contributed by atoms with Gasteiger partial charge in [0.25, 0.3) is 0 Å². The maximum absolute atomic E-state index is 12.1. The van der Waals surface area contributed by atoms with Crippen LogP contribution in [0.15, 0.2) is 24.4 Å². The molecule has 1 amide bonds. The Kier molecular flexibility index (Phi) is 5.79. The number of hydrogen-bond donors (Lipinski definition) is 1. The zero-order valence-electron chi connectivity index (χ0n) is 13.1. The van der Waals surface area contributed by atoms with E-state index in [0.717, 1.165) is 26.0 Å². The molecule has 0 saturated carbocycles. The van der Waals surface area contributed by atoms with Crippen LogP contribution in [0.25, 0.3) is 0 Å². The number of nitrogens with one attached hydrogen (secondary N) is 1. The average Bonchev–Trinajstić information content (AvgIpc) is 3.09. The van der Waals surface area contributed by atoms with Crippen LogP contribution < -0.4 is 10.1 Å². The van der Waals surface area contributed by atoms with Crippen LogP contribution >= 0.6 is 0 Å². The number of hydroxylamine groups is 2. The highest BCUT2D eigenvalue weighted by Crippen LogP contribution is 2.16. The van der Waals surface area contributed by atoms with Gasteiger partial charge >= 0.3 is 0 Å². The summed E-state index contributed by atoms with van der Waals surface area (Å²) in [6, 6.07) is 5.39. The summed E-state index contributed by atoms with van der Waals surface area (Å²) in [5.41, 5.74) is 0. The molecule has 23 heavy (non-hydrogen) atoms. The molecule has 0 spiro atoms. The van der Waals surface area contributed by atoms with E-state index in [1.165, 1.54) is 0 Å². The van der Waals surface area contributed by atoms with Crippen LogP contribution in [0, 0.1) is 0 Å². The highest BCUT2D eigenvalue weighted by Gasteiger charge is 2.29. The summed E-state index contributed by atoms with van der Waals surface area (Å²) in [6.45, 7) is 3.35. The molecular formula is C16H23N3O4. The highest BCUT2D eigenvalue weighted by molar-refractivity contribution is 5.76. The van der Waals surface area contributed by atoms with Gasteiger partial charge < -0.3 is 14.8 Å². The summed E-state index contributed by atoms with van der Waals surface area (Å²) in [7, 11) is 0. The van der Waals surface area contributed by atoms with Gasteiger partial charge in [-0.1, -0.05) is 6.07 Å². The second kappa shape index (κ2) is 8.24. The van der Waals surface area contributed by atoms with Crippen molar-refractivity contribution in [2.75, 3.05) is 32.9 Å². The molecule has 1 N–H and O–H groups in total. The molecule has 0 unspecified atom stereocenters. The molecule has 7 heteroatoms. The topological polar surface area (TPSA) is 72.9 Å². The Morgan fingerprint density at radius 3 is 3.17 bits per heavy atom. The average molecular weight is 321 g/mol. The summed E-state index contributed by atoms with van der Waals surface area (Å²) in [4.78, 5) is 21.7. The molecule has 2 atom stereocenters. The van der Waals surface area contributed by atoms with E-state index >= 15 is 0 Å². The Balaban J connectivity index is 1.48. The normalized spacial score (nSPS) is 25.2. The Labute approximate surface area is 135 Å². The molecule has 0 bridgehead atoms. The number of nitrogens with zero attached hydrogens (tertiary/aromatic N) is 2. The van der Waals surface area contributed by atoms with Gasteiger partial charge in [-0.05, 0) is 12.5 Å². The van der Waals surface area contributed by atoms with E-state index in [2.05, 4.69) is 10.3 Å². The van der Waals surface area contributed by atoms with Crippen molar-refractivity contribution < 1.29 is 19.1 Å². The number of ether oxygens (including phenoxy) is 2. The van der Waals surface area contributed by atoms with E-state index in [-0.39, 0.29) is 18.1 Å². The van der Waals surface area contributed by atoms with Gasteiger partial charge in [0.2, 0.25) is 11.8 Å². The molecular weight excluding hydrogens is 298 g/mol. The second-order valence-corrected chi connectivity index (χ2v) is 5.73. The van der Waals surface area contributed by atoms with Crippen molar-refractivity contribution in [2.45, 2.75) is 31.4 Å². The van der Waals surface area contributed by atoms with Crippen LogP contribution in [-0.2, 0) is 14.4 Å². The molecule has 3 heterocycles. The fourth-order valence-corrected chi connectivity index (χ4v) is 2.75. The SMILES string of the molecule is O=C(CCN1CCCO1)N[C@@H]1COCC[C@H]1Oc1ccccn1. The fraction of sp³-hybridized carbons (Fsp3) is 0.625. The minimum atomic E-state index is -0.155. The van der Waals surface area contributed by atoms with Crippen molar-refractivity contribution in [3.8, 4) is 5.88 Å². The summed E-state index contributed by atoms with van der Waals surface area (Å²) >= 11 is 0. The van der Waals surface area contributed by atoms with Crippen molar-refractivity contribution in [1.29, 1.82) is 0 Å². The fourth-order valence-electron chi connectivity index (χ4n) is 2.75. The molecule has 126 valence electrons. The van der Waals surface area contributed by atoms with Gasteiger partial charge in [0.05, 0.1) is 25.9 Å². The van der Waals surface area contributed by atoms with E-state index in [4.69, 9.17) is 14.3 Å². The lowest BCUT2D eigenvalue weighted by Gasteiger charge is -2.32. The molecule has 0 radical (unpaired) electrons.